The number of rotatable bonds is 7. The van der Waals surface area contributed by atoms with Crippen LogP contribution < -0.4 is 4.72 Å². The molecule has 1 aliphatic heterocycles. The average Bonchev–Trinajstić information content (AvgIpc) is 3.30. The number of hydrogen-bond acceptors (Lipinski definition) is 4. The van der Waals surface area contributed by atoms with Crippen LogP contribution in [0.15, 0.2) is 53.7 Å². The summed E-state index contributed by atoms with van der Waals surface area (Å²) in [5, 5.41) is 1.85. The average molecular weight is 529 g/mol. The number of benzene rings is 2. The molecule has 192 valence electrons. The predicted molar refractivity (Wildman–Crippen MR) is 141 cm³/mol. The van der Waals surface area contributed by atoms with Crippen LogP contribution in [0.3, 0.4) is 0 Å². The number of sulfonamides is 1. The van der Waals surface area contributed by atoms with Gasteiger partial charge in [-0.1, -0.05) is 49.6 Å². The molecule has 0 radical (unpaired) electrons. The van der Waals surface area contributed by atoms with Gasteiger partial charge in [0, 0.05) is 37.4 Å². The molecule has 1 saturated carbocycles. The molecule has 1 N–H and O–H groups in total. The number of hydrogen-bond donors (Lipinski definition) is 1. The Morgan fingerprint density at radius 3 is 2.61 bits per heavy atom. The monoisotopic (exact) mass is 528 g/mol. The number of fused-ring (bicyclic) bond motifs is 2. The fourth-order valence-corrected chi connectivity index (χ4v) is 7.54. The van der Waals surface area contributed by atoms with Gasteiger partial charge in [-0.25, -0.2) is 13.4 Å². The van der Waals surface area contributed by atoms with Gasteiger partial charge in [-0.2, -0.15) is 4.72 Å². The largest absolute Gasteiger partial charge is 0.341 e. The Labute approximate surface area is 217 Å². The summed E-state index contributed by atoms with van der Waals surface area (Å²) in [4.78, 5) is 19.9. The number of nitrogens with one attached hydrogen (secondary N) is 1. The molecule has 1 aromatic heterocycles. The van der Waals surface area contributed by atoms with Crippen molar-refractivity contribution in [2.45, 2.75) is 62.9 Å². The molecule has 7 nitrogen and oxygen atoms in total. The van der Waals surface area contributed by atoms with Crippen molar-refractivity contribution in [3.63, 3.8) is 0 Å². The first-order valence-electron chi connectivity index (χ1n) is 12.8. The van der Waals surface area contributed by atoms with Gasteiger partial charge >= 0.3 is 0 Å². The SMILES string of the molecule is Cc1ccc(S(=O)(=O)NC(CCn2ccnc2Cl)C(=O)N2CC[C@@H]3CCCC[C@H]3C2)c2ccccc12. The lowest BCUT2D eigenvalue weighted by Gasteiger charge is -2.42. The number of imidazole rings is 1. The molecule has 5 rings (SSSR count). The minimum atomic E-state index is -3.97. The lowest BCUT2D eigenvalue weighted by atomic mass is 9.75. The molecule has 3 aromatic rings. The lowest BCUT2D eigenvalue weighted by Crippen LogP contribution is -2.53. The van der Waals surface area contributed by atoms with Crippen molar-refractivity contribution < 1.29 is 13.2 Å². The Hall–Kier alpha value is -2.42. The van der Waals surface area contributed by atoms with Crippen molar-refractivity contribution in [2.75, 3.05) is 13.1 Å². The molecule has 2 aliphatic rings. The van der Waals surface area contributed by atoms with Crippen LogP contribution in [-0.2, 0) is 21.4 Å². The first kappa shape index (κ1) is 25.2. The maximum Gasteiger partial charge on any atom is 0.241 e. The summed E-state index contributed by atoms with van der Waals surface area (Å²) in [5.74, 6) is 1.04. The second-order valence-corrected chi connectivity index (χ2v) is 12.2. The molecule has 1 saturated heterocycles. The number of carbonyl (C=O) groups is 1. The van der Waals surface area contributed by atoms with E-state index in [2.05, 4.69) is 9.71 Å². The Bertz CT molecular complexity index is 1360. The number of nitrogens with zero attached hydrogens (tertiary/aromatic N) is 3. The van der Waals surface area contributed by atoms with Crippen molar-refractivity contribution in [3.8, 4) is 0 Å². The highest BCUT2D eigenvalue weighted by Crippen LogP contribution is 2.36. The van der Waals surface area contributed by atoms with E-state index < -0.39 is 16.1 Å². The lowest BCUT2D eigenvalue weighted by molar-refractivity contribution is -0.136. The fourth-order valence-electron chi connectivity index (χ4n) is 5.91. The van der Waals surface area contributed by atoms with Crippen LogP contribution in [0.1, 0.15) is 44.1 Å². The summed E-state index contributed by atoms with van der Waals surface area (Å²) in [6.07, 6.45) is 9.46. The van der Waals surface area contributed by atoms with Gasteiger partial charge in [0.05, 0.1) is 4.90 Å². The molecule has 36 heavy (non-hydrogen) atoms. The molecule has 2 aromatic carbocycles. The summed E-state index contributed by atoms with van der Waals surface area (Å²) >= 11 is 6.15. The number of halogens is 1. The maximum atomic E-state index is 13.8. The van der Waals surface area contributed by atoms with E-state index in [0.717, 1.165) is 23.8 Å². The van der Waals surface area contributed by atoms with E-state index in [1.807, 2.05) is 42.2 Å². The zero-order valence-electron chi connectivity index (χ0n) is 20.6. The molecule has 9 heteroatoms. The van der Waals surface area contributed by atoms with E-state index >= 15 is 0 Å². The number of aryl methyl sites for hydroxylation is 2. The number of piperidine rings is 1. The zero-order chi connectivity index (χ0) is 25.3. The third kappa shape index (κ3) is 5.17. The molecular formula is C27H33ClN4O3S. The summed E-state index contributed by atoms with van der Waals surface area (Å²) in [5.41, 5.74) is 1.00. The quantitative estimate of drug-likeness (QED) is 0.478. The normalized spacial score (nSPS) is 21.3. The second-order valence-electron chi connectivity index (χ2n) is 10.2. The van der Waals surface area contributed by atoms with E-state index in [9.17, 15) is 13.2 Å². The second kappa shape index (κ2) is 10.5. The van der Waals surface area contributed by atoms with Gasteiger partial charge < -0.3 is 9.47 Å². The van der Waals surface area contributed by atoms with Crippen LogP contribution in [0.2, 0.25) is 5.28 Å². The molecular weight excluding hydrogens is 496 g/mol. The molecule has 1 aliphatic carbocycles. The van der Waals surface area contributed by atoms with E-state index in [-0.39, 0.29) is 17.2 Å². The van der Waals surface area contributed by atoms with Gasteiger partial charge in [-0.05, 0) is 66.6 Å². The highest BCUT2D eigenvalue weighted by molar-refractivity contribution is 7.89. The Kier molecular flexibility index (Phi) is 7.37. The fraction of sp³-hybridized carbons (Fsp3) is 0.481. The molecule has 0 bridgehead atoms. The Morgan fingerprint density at radius 1 is 1.11 bits per heavy atom. The van der Waals surface area contributed by atoms with Gasteiger partial charge in [-0.15, -0.1) is 0 Å². The summed E-state index contributed by atoms with van der Waals surface area (Å²) in [7, 11) is -3.97. The maximum absolute atomic E-state index is 13.8. The molecule has 0 spiro atoms. The van der Waals surface area contributed by atoms with Gasteiger partial charge in [0.15, 0.2) is 0 Å². The molecule has 2 fully saturated rings. The number of amides is 1. The Balaban J connectivity index is 1.42. The number of likely N-dealkylation sites (tertiary alicyclic amines) is 1. The van der Waals surface area contributed by atoms with Crippen LogP contribution in [0.5, 0.6) is 0 Å². The minimum Gasteiger partial charge on any atom is -0.341 e. The van der Waals surface area contributed by atoms with Crippen molar-refractivity contribution in [3.05, 3.63) is 59.6 Å². The van der Waals surface area contributed by atoms with Crippen LogP contribution in [0, 0.1) is 18.8 Å². The first-order chi connectivity index (χ1) is 17.3. The van der Waals surface area contributed by atoms with Crippen LogP contribution in [0.4, 0.5) is 0 Å². The third-order valence-electron chi connectivity index (χ3n) is 7.91. The first-order valence-corrected chi connectivity index (χ1v) is 14.7. The van der Waals surface area contributed by atoms with Crippen molar-refractivity contribution >= 4 is 38.3 Å². The van der Waals surface area contributed by atoms with E-state index in [1.165, 1.54) is 19.3 Å². The van der Waals surface area contributed by atoms with Gasteiger partial charge in [0.2, 0.25) is 21.2 Å². The molecule has 1 amide bonds. The van der Waals surface area contributed by atoms with Crippen LogP contribution in [-0.4, -0.2) is 47.9 Å². The summed E-state index contributed by atoms with van der Waals surface area (Å²) in [6, 6.07) is 10.0. The molecule has 2 heterocycles. The highest BCUT2D eigenvalue weighted by atomic mass is 35.5. The summed E-state index contributed by atoms with van der Waals surface area (Å²) in [6.45, 7) is 3.73. The van der Waals surface area contributed by atoms with Crippen LogP contribution >= 0.6 is 11.6 Å². The van der Waals surface area contributed by atoms with Crippen molar-refractivity contribution in [2.24, 2.45) is 11.8 Å². The Morgan fingerprint density at radius 2 is 1.86 bits per heavy atom. The van der Waals surface area contributed by atoms with Crippen molar-refractivity contribution in [1.82, 2.24) is 19.2 Å². The smallest absolute Gasteiger partial charge is 0.241 e. The van der Waals surface area contributed by atoms with E-state index in [0.29, 0.717) is 42.1 Å². The minimum absolute atomic E-state index is 0.157. The zero-order valence-corrected chi connectivity index (χ0v) is 22.1. The molecule has 3 atom stereocenters. The summed E-state index contributed by atoms with van der Waals surface area (Å²) < 4.78 is 31.9. The van der Waals surface area contributed by atoms with Gasteiger partial charge in [0.1, 0.15) is 6.04 Å². The standard InChI is InChI=1S/C27H33ClN4O3S/c1-19-10-11-25(23-9-5-4-8-22(19)23)36(34,35)30-24(13-16-31-17-14-29-27(31)28)26(33)32-15-12-20-6-2-3-7-21(20)18-32/h4-5,8-11,14,17,20-21,24,30H,2-3,6-7,12-13,15-16,18H2,1H3/t20-,21-,24?/m0/s1. The van der Waals surface area contributed by atoms with Crippen molar-refractivity contribution in [1.29, 1.82) is 0 Å². The topological polar surface area (TPSA) is 84.3 Å². The van der Waals surface area contributed by atoms with E-state index in [4.69, 9.17) is 11.6 Å². The van der Waals surface area contributed by atoms with Crippen LogP contribution in [0.25, 0.3) is 10.8 Å². The number of aromatic nitrogens is 2. The number of carbonyl (C=O) groups excluding carboxylic acids is 1. The van der Waals surface area contributed by atoms with E-state index in [1.54, 1.807) is 23.0 Å². The predicted octanol–water partition coefficient (Wildman–Crippen LogP) is 4.77. The van der Waals surface area contributed by atoms with Gasteiger partial charge in [0.25, 0.3) is 0 Å². The highest BCUT2D eigenvalue weighted by Gasteiger charge is 2.36. The third-order valence-corrected chi connectivity index (χ3v) is 9.76. The van der Waals surface area contributed by atoms with Gasteiger partial charge in [-0.3, -0.25) is 4.79 Å². The molecule has 1 unspecified atom stereocenters.